The summed E-state index contributed by atoms with van der Waals surface area (Å²) in [6, 6.07) is 0. The van der Waals surface area contributed by atoms with Gasteiger partial charge in [-0.05, 0) is 45.7 Å². The Hall–Kier alpha value is 0.0249. The van der Waals surface area contributed by atoms with Gasteiger partial charge in [0.2, 0.25) is 0 Å². The molecule has 1 fully saturated rings. The van der Waals surface area contributed by atoms with Crippen LogP contribution >= 0.6 is 0 Å². The molecule has 0 aromatic rings. The van der Waals surface area contributed by atoms with E-state index in [-0.39, 0.29) is 0 Å². The molecule has 1 unspecified atom stereocenters. The van der Waals surface area contributed by atoms with Gasteiger partial charge >= 0.3 is 0 Å². The molecule has 0 N–H and O–H groups in total. The monoisotopic (exact) mass is 193 g/mol. The van der Waals surface area contributed by atoms with Crippen LogP contribution in [0.3, 0.4) is 0 Å². The zero-order valence-corrected chi connectivity index (χ0v) is 10.1. The molecule has 2 radical (unpaired) electrons. The van der Waals surface area contributed by atoms with E-state index in [1.165, 1.54) is 45.2 Å². The van der Waals surface area contributed by atoms with Gasteiger partial charge in [0.05, 0.1) is 7.85 Å². The maximum atomic E-state index is 5.93. The van der Waals surface area contributed by atoms with Crippen LogP contribution in [-0.4, -0.2) is 31.4 Å². The SMILES string of the molecule is [B]C1CCN(C(C)(CC)CCC)CC1. The molecule has 0 aliphatic carbocycles. The Kier molecular flexibility index (Phi) is 4.50. The van der Waals surface area contributed by atoms with Gasteiger partial charge in [-0.25, -0.2) is 0 Å². The Morgan fingerprint density at radius 1 is 1.29 bits per heavy atom. The zero-order valence-electron chi connectivity index (χ0n) is 10.1. The fourth-order valence-corrected chi connectivity index (χ4v) is 2.54. The Morgan fingerprint density at radius 3 is 2.29 bits per heavy atom. The molecule has 1 saturated heterocycles. The van der Waals surface area contributed by atoms with Crippen LogP contribution in [0.4, 0.5) is 0 Å². The van der Waals surface area contributed by atoms with Gasteiger partial charge in [-0.3, -0.25) is 4.90 Å². The molecule has 14 heavy (non-hydrogen) atoms. The van der Waals surface area contributed by atoms with Gasteiger partial charge in [-0.15, -0.1) is 0 Å². The minimum absolute atomic E-state index is 0.425. The van der Waals surface area contributed by atoms with Crippen molar-refractivity contribution >= 4 is 7.85 Å². The predicted octanol–water partition coefficient (Wildman–Crippen LogP) is 3.01. The van der Waals surface area contributed by atoms with Crippen LogP contribution in [0, 0.1) is 0 Å². The molecule has 0 spiro atoms. The predicted molar refractivity (Wildman–Crippen MR) is 63.9 cm³/mol. The third-order valence-electron chi connectivity index (χ3n) is 3.85. The molecule has 2 heteroatoms. The van der Waals surface area contributed by atoms with Crippen molar-refractivity contribution in [3.8, 4) is 0 Å². The van der Waals surface area contributed by atoms with Gasteiger partial charge in [0.1, 0.15) is 0 Å². The minimum atomic E-state index is 0.425. The van der Waals surface area contributed by atoms with Gasteiger partial charge in [-0.1, -0.05) is 26.1 Å². The van der Waals surface area contributed by atoms with Crippen molar-refractivity contribution in [3.63, 3.8) is 0 Å². The highest BCUT2D eigenvalue weighted by atomic mass is 15.2. The van der Waals surface area contributed by atoms with E-state index >= 15 is 0 Å². The first-order valence-corrected chi connectivity index (χ1v) is 6.13. The lowest BCUT2D eigenvalue weighted by Gasteiger charge is -2.44. The molecular weight excluding hydrogens is 169 g/mol. The van der Waals surface area contributed by atoms with Crippen molar-refractivity contribution in [2.45, 2.75) is 64.2 Å². The van der Waals surface area contributed by atoms with Crippen molar-refractivity contribution in [3.05, 3.63) is 0 Å². The number of likely N-dealkylation sites (tertiary alicyclic amines) is 1. The number of hydrogen-bond donors (Lipinski definition) is 0. The summed E-state index contributed by atoms with van der Waals surface area (Å²) in [6.07, 6.45) is 6.22. The number of piperidine rings is 1. The van der Waals surface area contributed by atoms with Gasteiger partial charge in [0, 0.05) is 5.54 Å². The highest BCUT2D eigenvalue weighted by Gasteiger charge is 2.30. The lowest BCUT2D eigenvalue weighted by atomic mass is 9.77. The van der Waals surface area contributed by atoms with E-state index in [4.69, 9.17) is 7.85 Å². The van der Waals surface area contributed by atoms with E-state index in [0.717, 1.165) is 0 Å². The third-order valence-corrected chi connectivity index (χ3v) is 3.85. The Balaban J connectivity index is 2.52. The van der Waals surface area contributed by atoms with Crippen molar-refractivity contribution in [2.24, 2.45) is 0 Å². The summed E-state index contributed by atoms with van der Waals surface area (Å²) in [5, 5.41) is 0. The summed E-state index contributed by atoms with van der Waals surface area (Å²) in [4.78, 5) is 2.65. The maximum Gasteiger partial charge on any atom is 0.0700 e. The molecule has 0 aromatic carbocycles. The average molecular weight is 193 g/mol. The summed E-state index contributed by atoms with van der Waals surface area (Å²) in [7, 11) is 5.93. The molecule has 1 atom stereocenters. The highest BCUT2D eigenvalue weighted by molar-refractivity contribution is 6.11. The molecule has 80 valence electrons. The second-order valence-electron chi connectivity index (χ2n) is 4.92. The van der Waals surface area contributed by atoms with Crippen LogP contribution in [0.1, 0.15) is 52.9 Å². The summed E-state index contributed by atoms with van der Waals surface area (Å²) in [6.45, 7) is 9.40. The summed E-state index contributed by atoms with van der Waals surface area (Å²) >= 11 is 0. The topological polar surface area (TPSA) is 3.24 Å². The normalized spacial score (nSPS) is 24.8. The smallest absolute Gasteiger partial charge is 0.0700 e. The lowest BCUT2D eigenvalue weighted by Crippen LogP contribution is -2.49. The standard InChI is InChI=1S/C12H24BN/c1-4-8-12(3,5-2)14-9-6-11(13)7-10-14/h11H,4-10H2,1-3H3. The highest BCUT2D eigenvalue weighted by Crippen LogP contribution is 2.30. The van der Waals surface area contributed by atoms with Crippen molar-refractivity contribution in [1.29, 1.82) is 0 Å². The summed E-state index contributed by atoms with van der Waals surface area (Å²) in [5.74, 6) is 0.453. The molecule has 1 aliphatic rings. The Labute approximate surface area is 90.7 Å². The van der Waals surface area contributed by atoms with E-state index in [0.29, 0.717) is 11.4 Å². The number of nitrogens with zero attached hydrogens (tertiary/aromatic N) is 1. The molecule has 1 aliphatic heterocycles. The molecule has 1 nitrogen and oxygen atoms in total. The quantitative estimate of drug-likeness (QED) is 0.620. The zero-order chi connectivity index (χ0) is 10.6. The van der Waals surface area contributed by atoms with Crippen molar-refractivity contribution in [2.75, 3.05) is 13.1 Å². The largest absolute Gasteiger partial charge is 0.298 e. The van der Waals surface area contributed by atoms with E-state index in [1.807, 2.05) is 0 Å². The molecule has 1 heterocycles. The van der Waals surface area contributed by atoms with Gasteiger partial charge in [0.25, 0.3) is 0 Å². The van der Waals surface area contributed by atoms with Crippen LogP contribution in [0.5, 0.6) is 0 Å². The number of rotatable bonds is 4. The van der Waals surface area contributed by atoms with Crippen LogP contribution in [0.2, 0.25) is 5.82 Å². The molecule has 0 saturated carbocycles. The van der Waals surface area contributed by atoms with Crippen LogP contribution < -0.4 is 0 Å². The van der Waals surface area contributed by atoms with Crippen molar-refractivity contribution in [1.82, 2.24) is 4.90 Å². The second kappa shape index (κ2) is 5.20. The first kappa shape index (κ1) is 12.1. The number of hydrogen-bond acceptors (Lipinski definition) is 1. The van der Waals surface area contributed by atoms with E-state index < -0.39 is 0 Å². The van der Waals surface area contributed by atoms with Gasteiger partial charge < -0.3 is 0 Å². The summed E-state index contributed by atoms with van der Waals surface area (Å²) < 4.78 is 0. The fourth-order valence-electron chi connectivity index (χ4n) is 2.54. The average Bonchev–Trinajstić information content (AvgIpc) is 2.19. The molecule has 0 amide bonds. The molecular formula is C12H24BN. The van der Waals surface area contributed by atoms with Crippen molar-refractivity contribution < 1.29 is 0 Å². The summed E-state index contributed by atoms with van der Waals surface area (Å²) in [5.41, 5.74) is 0.425. The van der Waals surface area contributed by atoms with Gasteiger partial charge in [-0.2, -0.15) is 0 Å². The molecule has 1 rings (SSSR count). The maximum absolute atomic E-state index is 5.93. The second-order valence-corrected chi connectivity index (χ2v) is 4.92. The Bertz CT molecular complexity index is 164. The fraction of sp³-hybridized carbons (Fsp3) is 1.00. The first-order chi connectivity index (χ1) is 6.62. The third kappa shape index (κ3) is 2.76. The van der Waals surface area contributed by atoms with Gasteiger partial charge in [0.15, 0.2) is 0 Å². The van der Waals surface area contributed by atoms with E-state index in [9.17, 15) is 0 Å². The Morgan fingerprint density at radius 2 is 1.86 bits per heavy atom. The minimum Gasteiger partial charge on any atom is -0.298 e. The first-order valence-electron chi connectivity index (χ1n) is 6.13. The lowest BCUT2D eigenvalue weighted by molar-refractivity contribution is 0.0690. The molecule has 0 aromatic heterocycles. The van der Waals surface area contributed by atoms with Crippen LogP contribution in [0.15, 0.2) is 0 Å². The van der Waals surface area contributed by atoms with E-state index in [1.54, 1.807) is 0 Å². The molecule has 0 bridgehead atoms. The van der Waals surface area contributed by atoms with E-state index in [2.05, 4.69) is 25.7 Å². The van der Waals surface area contributed by atoms with Crippen LogP contribution in [-0.2, 0) is 0 Å². The van der Waals surface area contributed by atoms with Crippen LogP contribution in [0.25, 0.3) is 0 Å².